The molecule has 0 spiro atoms. The van der Waals surface area contributed by atoms with Crippen molar-refractivity contribution in [1.29, 1.82) is 0 Å². The third-order valence-electron chi connectivity index (χ3n) is 3.87. The van der Waals surface area contributed by atoms with Crippen molar-refractivity contribution in [3.63, 3.8) is 0 Å². The van der Waals surface area contributed by atoms with Gasteiger partial charge in [-0.2, -0.15) is 0 Å². The van der Waals surface area contributed by atoms with Crippen LogP contribution in [0.4, 0.5) is 0 Å². The second-order valence-electron chi connectivity index (χ2n) is 5.84. The Hall–Kier alpha value is -1.19. The molecule has 0 radical (unpaired) electrons. The van der Waals surface area contributed by atoms with E-state index in [2.05, 4.69) is 11.9 Å². The fourth-order valence-electron chi connectivity index (χ4n) is 2.80. The maximum absolute atomic E-state index is 12.2. The lowest BCUT2D eigenvalue weighted by Crippen LogP contribution is -2.39. The normalized spacial score (nSPS) is 24.0. The number of nitrogens with zero attached hydrogens (tertiary/aromatic N) is 1. The number of carbonyl (C=O) groups is 1. The Kier molecular flexibility index (Phi) is 4.72. The topological polar surface area (TPSA) is 40.5 Å². The highest BCUT2D eigenvalue weighted by molar-refractivity contribution is 5.97. The van der Waals surface area contributed by atoms with Gasteiger partial charge in [-0.05, 0) is 25.8 Å². The van der Waals surface area contributed by atoms with Crippen LogP contribution in [0.1, 0.15) is 30.1 Å². The van der Waals surface area contributed by atoms with Gasteiger partial charge in [-0.25, -0.2) is 0 Å². The monoisotopic (exact) mass is 261 g/mol. The highest BCUT2D eigenvalue weighted by Gasteiger charge is 2.28. The Morgan fingerprint density at radius 2 is 2.00 bits per heavy atom. The summed E-state index contributed by atoms with van der Waals surface area (Å²) in [6.45, 7) is 3.74. The van der Waals surface area contributed by atoms with Gasteiger partial charge < -0.3 is 10.0 Å². The molecule has 1 saturated carbocycles. The molecule has 104 valence electrons. The van der Waals surface area contributed by atoms with E-state index in [1.807, 2.05) is 37.3 Å². The molecule has 0 amide bonds. The summed E-state index contributed by atoms with van der Waals surface area (Å²) in [5, 5.41) is 9.28. The van der Waals surface area contributed by atoms with Crippen LogP contribution >= 0.6 is 0 Å². The van der Waals surface area contributed by atoms with Crippen molar-refractivity contribution in [2.75, 3.05) is 20.1 Å². The molecule has 1 aliphatic rings. The highest BCUT2D eigenvalue weighted by Crippen LogP contribution is 2.27. The average molecular weight is 261 g/mol. The van der Waals surface area contributed by atoms with Crippen molar-refractivity contribution in [2.45, 2.75) is 25.9 Å². The lowest BCUT2D eigenvalue weighted by atomic mass is 9.82. The number of hydrogen-bond donors (Lipinski definition) is 1. The van der Waals surface area contributed by atoms with E-state index in [1.54, 1.807) is 0 Å². The molecule has 1 fully saturated rings. The first-order valence-corrected chi connectivity index (χ1v) is 7.02. The van der Waals surface area contributed by atoms with Crippen LogP contribution < -0.4 is 0 Å². The predicted molar refractivity (Wildman–Crippen MR) is 76.2 cm³/mol. The molecule has 0 aliphatic heterocycles. The van der Waals surface area contributed by atoms with Crippen LogP contribution in [-0.2, 0) is 0 Å². The molecule has 0 saturated heterocycles. The van der Waals surface area contributed by atoms with Crippen molar-refractivity contribution in [1.82, 2.24) is 4.90 Å². The Morgan fingerprint density at radius 3 is 2.58 bits per heavy atom. The van der Waals surface area contributed by atoms with Gasteiger partial charge in [0.05, 0.1) is 6.10 Å². The second-order valence-corrected chi connectivity index (χ2v) is 5.84. The zero-order valence-corrected chi connectivity index (χ0v) is 11.7. The zero-order chi connectivity index (χ0) is 13.8. The lowest BCUT2D eigenvalue weighted by molar-refractivity contribution is 0.0265. The van der Waals surface area contributed by atoms with Crippen LogP contribution in [0.2, 0.25) is 0 Å². The first-order valence-electron chi connectivity index (χ1n) is 7.02. The summed E-state index contributed by atoms with van der Waals surface area (Å²) < 4.78 is 0. The van der Waals surface area contributed by atoms with Gasteiger partial charge in [0.1, 0.15) is 0 Å². The maximum atomic E-state index is 12.2. The van der Waals surface area contributed by atoms with Crippen molar-refractivity contribution >= 4 is 5.78 Å². The summed E-state index contributed by atoms with van der Waals surface area (Å²) in [4.78, 5) is 14.4. The minimum Gasteiger partial charge on any atom is -0.393 e. The number of aliphatic hydroxyl groups excluding tert-OH is 1. The second kappa shape index (κ2) is 6.31. The third kappa shape index (κ3) is 3.88. The Bertz CT molecular complexity index is 412. The van der Waals surface area contributed by atoms with E-state index in [-0.39, 0.29) is 17.8 Å². The summed E-state index contributed by atoms with van der Waals surface area (Å²) in [7, 11) is 2.06. The zero-order valence-electron chi connectivity index (χ0n) is 11.7. The fourth-order valence-corrected chi connectivity index (χ4v) is 2.80. The molecular formula is C16H23NO2. The summed E-state index contributed by atoms with van der Waals surface area (Å²) in [6, 6.07) is 9.48. The minimum atomic E-state index is -0.0956. The maximum Gasteiger partial charge on any atom is 0.166 e. The molecule has 1 aromatic rings. The van der Waals surface area contributed by atoms with Gasteiger partial charge in [0.25, 0.3) is 0 Å². The summed E-state index contributed by atoms with van der Waals surface area (Å²) in [5.74, 6) is 0.817. The van der Waals surface area contributed by atoms with Crippen LogP contribution in [-0.4, -0.2) is 42.0 Å². The van der Waals surface area contributed by atoms with Gasteiger partial charge in [-0.3, -0.25) is 4.79 Å². The first kappa shape index (κ1) is 14.2. The molecule has 1 aromatic carbocycles. The Morgan fingerprint density at radius 1 is 1.37 bits per heavy atom. The van der Waals surface area contributed by atoms with Gasteiger partial charge in [0.2, 0.25) is 0 Å². The molecule has 0 heterocycles. The van der Waals surface area contributed by atoms with E-state index in [9.17, 15) is 9.90 Å². The summed E-state index contributed by atoms with van der Waals surface area (Å²) in [6.07, 6.45) is 1.72. The molecule has 0 aromatic heterocycles. The van der Waals surface area contributed by atoms with E-state index < -0.39 is 0 Å². The summed E-state index contributed by atoms with van der Waals surface area (Å²) >= 11 is 0. The highest BCUT2D eigenvalue weighted by atomic mass is 16.3. The van der Waals surface area contributed by atoms with Gasteiger partial charge >= 0.3 is 0 Å². The standard InChI is InChI=1S/C16H23NO2/c1-12(16(19)14-6-4-3-5-7-14)10-17(2)11-13-8-15(18)9-13/h3-7,12-13,15,18H,8-11H2,1-2H3. The molecule has 1 unspecified atom stereocenters. The molecule has 1 N–H and O–H groups in total. The van der Waals surface area contributed by atoms with Gasteiger partial charge in [-0.15, -0.1) is 0 Å². The van der Waals surface area contributed by atoms with Gasteiger partial charge in [0.15, 0.2) is 5.78 Å². The Balaban J connectivity index is 1.80. The first-order chi connectivity index (χ1) is 9.06. The minimum absolute atomic E-state index is 0.0115. The van der Waals surface area contributed by atoms with E-state index in [4.69, 9.17) is 0 Å². The van der Waals surface area contributed by atoms with Crippen LogP contribution in [0.25, 0.3) is 0 Å². The van der Waals surface area contributed by atoms with E-state index in [0.29, 0.717) is 5.92 Å². The third-order valence-corrected chi connectivity index (χ3v) is 3.87. The van der Waals surface area contributed by atoms with E-state index >= 15 is 0 Å². The van der Waals surface area contributed by atoms with Crippen molar-refractivity contribution in [3.05, 3.63) is 35.9 Å². The van der Waals surface area contributed by atoms with Crippen molar-refractivity contribution in [2.24, 2.45) is 11.8 Å². The van der Waals surface area contributed by atoms with Crippen LogP contribution in [0.15, 0.2) is 30.3 Å². The largest absolute Gasteiger partial charge is 0.393 e. The average Bonchev–Trinajstić information content (AvgIpc) is 2.37. The van der Waals surface area contributed by atoms with E-state index in [1.165, 1.54) is 0 Å². The summed E-state index contributed by atoms with van der Waals surface area (Å²) in [5.41, 5.74) is 0.794. The number of aliphatic hydroxyl groups is 1. The Labute approximate surface area is 115 Å². The number of hydrogen-bond acceptors (Lipinski definition) is 3. The quantitative estimate of drug-likeness (QED) is 0.798. The lowest BCUT2D eigenvalue weighted by Gasteiger charge is -2.35. The van der Waals surface area contributed by atoms with Crippen molar-refractivity contribution < 1.29 is 9.90 Å². The molecule has 1 atom stereocenters. The predicted octanol–water partition coefficient (Wildman–Crippen LogP) is 2.21. The van der Waals surface area contributed by atoms with Crippen LogP contribution in [0, 0.1) is 11.8 Å². The molecule has 19 heavy (non-hydrogen) atoms. The molecule has 0 bridgehead atoms. The molecule has 3 heteroatoms. The van der Waals surface area contributed by atoms with E-state index in [0.717, 1.165) is 31.5 Å². The van der Waals surface area contributed by atoms with Gasteiger partial charge in [0, 0.05) is 24.6 Å². The fraction of sp³-hybridized carbons (Fsp3) is 0.562. The van der Waals surface area contributed by atoms with Crippen LogP contribution in [0.3, 0.4) is 0 Å². The van der Waals surface area contributed by atoms with Gasteiger partial charge in [-0.1, -0.05) is 37.3 Å². The number of Topliss-reactive ketones (excluding diaryl/α,β-unsaturated/α-hetero) is 1. The number of carbonyl (C=O) groups excluding carboxylic acids is 1. The van der Waals surface area contributed by atoms with Crippen LogP contribution in [0.5, 0.6) is 0 Å². The smallest absolute Gasteiger partial charge is 0.166 e. The molecule has 1 aliphatic carbocycles. The number of ketones is 1. The SMILES string of the molecule is CC(CN(C)CC1CC(O)C1)C(=O)c1ccccc1. The van der Waals surface area contributed by atoms with Crippen molar-refractivity contribution in [3.8, 4) is 0 Å². The number of benzene rings is 1. The molecule has 2 rings (SSSR count). The molecular weight excluding hydrogens is 238 g/mol. The molecule has 3 nitrogen and oxygen atoms in total. The number of rotatable bonds is 6.